The van der Waals surface area contributed by atoms with E-state index in [2.05, 4.69) is 5.32 Å². The fourth-order valence-electron chi connectivity index (χ4n) is 5.58. The minimum atomic E-state index is -1.69. The number of halogens is 1. The van der Waals surface area contributed by atoms with E-state index in [0.717, 1.165) is 0 Å². The normalized spacial score (nSPS) is 17.9. The van der Waals surface area contributed by atoms with Crippen LogP contribution in [0.4, 0.5) is 10.1 Å². The number of nitrogens with zero attached hydrogens (tertiary/aromatic N) is 1. The maximum absolute atomic E-state index is 14.6. The molecule has 2 amide bonds. The van der Waals surface area contributed by atoms with E-state index < -0.39 is 53.6 Å². The van der Waals surface area contributed by atoms with Crippen molar-refractivity contribution in [1.82, 2.24) is 4.90 Å². The molecule has 0 aliphatic carbocycles. The van der Waals surface area contributed by atoms with E-state index in [4.69, 9.17) is 0 Å². The van der Waals surface area contributed by atoms with E-state index in [0.29, 0.717) is 28.1 Å². The van der Waals surface area contributed by atoms with E-state index >= 15 is 0 Å². The van der Waals surface area contributed by atoms with E-state index in [-0.39, 0.29) is 57.1 Å². The first-order valence-corrected chi connectivity index (χ1v) is 13.9. The Hall–Kier alpha value is -3.08. The summed E-state index contributed by atoms with van der Waals surface area (Å²) in [6.07, 6.45) is -3.35. The third kappa shape index (κ3) is 7.53. The molecule has 0 aromatic heterocycles. The van der Waals surface area contributed by atoms with Crippen molar-refractivity contribution in [3.63, 3.8) is 0 Å². The first-order chi connectivity index (χ1) is 20.0. The maximum Gasteiger partial charge on any atom is 2.00 e. The predicted molar refractivity (Wildman–Crippen MR) is 160 cm³/mol. The SMILES string of the molecule is CC(C)C1(C(=O)Nc2ccccc2)C(=O)N(CC[C@@H](O)C[C@@H](O)CC(=O)[O-])C(c2ccc(F)cc2)=C1c1ccccc1.[Ca+2]. The number of anilines is 1. The number of carbonyl (C=O) groups excluding carboxylic acids is 3. The molecule has 0 saturated carbocycles. The fourth-order valence-corrected chi connectivity index (χ4v) is 5.58. The van der Waals surface area contributed by atoms with Crippen LogP contribution in [-0.2, 0) is 14.4 Å². The molecule has 220 valence electrons. The fraction of sp³-hybridized carbons (Fsp3) is 0.303. The smallest absolute Gasteiger partial charge is 0.550 e. The zero-order chi connectivity index (χ0) is 30.4. The van der Waals surface area contributed by atoms with Gasteiger partial charge in [0, 0.05) is 30.2 Å². The van der Waals surface area contributed by atoms with Gasteiger partial charge in [-0.15, -0.1) is 0 Å². The number of hydrogen-bond acceptors (Lipinski definition) is 6. The van der Waals surface area contributed by atoms with Crippen LogP contribution in [-0.4, -0.2) is 89.4 Å². The summed E-state index contributed by atoms with van der Waals surface area (Å²) in [4.78, 5) is 41.3. The topological polar surface area (TPSA) is 130 Å². The number of hydrogen-bond donors (Lipinski definition) is 3. The number of carboxylic acid groups (broad SMARTS) is 1. The molecule has 0 bridgehead atoms. The van der Waals surface area contributed by atoms with Crippen LogP contribution in [0.3, 0.4) is 0 Å². The number of aliphatic hydroxyl groups excluding tert-OH is 2. The summed E-state index contributed by atoms with van der Waals surface area (Å²) in [5.74, 6) is -3.47. The number of para-hydroxylation sites is 1. The van der Waals surface area contributed by atoms with Crippen LogP contribution in [0.25, 0.3) is 11.3 Å². The minimum absolute atomic E-state index is 0. The van der Waals surface area contributed by atoms with Crippen molar-refractivity contribution in [3.8, 4) is 0 Å². The van der Waals surface area contributed by atoms with Gasteiger partial charge in [-0.05, 0) is 66.3 Å². The molecule has 3 aromatic carbocycles. The molecule has 4 rings (SSSR count). The largest absolute Gasteiger partial charge is 2.00 e. The van der Waals surface area contributed by atoms with Crippen molar-refractivity contribution in [2.75, 3.05) is 11.9 Å². The van der Waals surface area contributed by atoms with Crippen molar-refractivity contribution >= 4 is 72.5 Å². The molecule has 0 saturated heterocycles. The summed E-state index contributed by atoms with van der Waals surface area (Å²) in [6, 6.07) is 23.5. The van der Waals surface area contributed by atoms with Crippen LogP contribution in [0.15, 0.2) is 84.9 Å². The summed E-state index contributed by atoms with van der Waals surface area (Å²) in [7, 11) is 0. The Kier molecular flexibility index (Phi) is 12.1. The number of nitrogens with one attached hydrogen (secondary N) is 1. The summed E-state index contributed by atoms with van der Waals surface area (Å²) < 4.78 is 14.0. The first kappa shape index (κ1) is 34.4. The third-order valence-corrected chi connectivity index (χ3v) is 7.55. The van der Waals surface area contributed by atoms with Crippen LogP contribution in [0.5, 0.6) is 0 Å². The number of benzene rings is 3. The molecular weight excluding hydrogens is 579 g/mol. The van der Waals surface area contributed by atoms with Crippen molar-refractivity contribution in [3.05, 3.63) is 102 Å². The molecular formula is C33H34CaFN2O6+. The number of aliphatic hydroxyl groups is 2. The molecule has 10 heteroatoms. The zero-order valence-electron chi connectivity index (χ0n) is 24.2. The Morgan fingerprint density at radius 3 is 2.05 bits per heavy atom. The quantitative estimate of drug-likeness (QED) is 0.213. The van der Waals surface area contributed by atoms with Crippen molar-refractivity contribution in [2.24, 2.45) is 11.3 Å². The number of rotatable bonds is 12. The van der Waals surface area contributed by atoms with Gasteiger partial charge in [0.25, 0.3) is 0 Å². The Labute approximate surface area is 280 Å². The molecule has 43 heavy (non-hydrogen) atoms. The van der Waals surface area contributed by atoms with Gasteiger partial charge in [-0.2, -0.15) is 0 Å². The average Bonchev–Trinajstić information content (AvgIpc) is 3.22. The summed E-state index contributed by atoms with van der Waals surface area (Å²) >= 11 is 0. The second-order valence-electron chi connectivity index (χ2n) is 10.7. The molecule has 3 N–H and O–H groups in total. The molecule has 1 aliphatic rings. The van der Waals surface area contributed by atoms with Gasteiger partial charge in [-0.3, -0.25) is 9.59 Å². The van der Waals surface area contributed by atoms with E-state index in [1.165, 1.54) is 17.0 Å². The minimum Gasteiger partial charge on any atom is -0.550 e. The molecule has 1 aliphatic heterocycles. The van der Waals surface area contributed by atoms with Gasteiger partial charge in [0.1, 0.15) is 5.82 Å². The van der Waals surface area contributed by atoms with Crippen molar-refractivity contribution < 1.29 is 34.1 Å². The van der Waals surface area contributed by atoms with E-state index in [1.54, 1.807) is 62.4 Å². The maximum atomic E-state index is 14.6. The van der Waals surface area contributed by atoms with Gasteiger partial charge in [-0.1, -0.05) is 62.4 Å². The Morgan fingerprint density at radius 1 is 0.907 bits per heavy atom. The molecule has 0 spiro atoms. The Morgan fingerprint density at radius 2 is 1.49 bits per heavy atom. The van der Waals surface area contributed by atoms with Crippen molar-refractivity contribution in [2.45, 2.75) is 45.3 Å². The number of carbonyl (C=O) groups is 3. The summed E-state index contributed by atoms with van der Waals surface area (Å²) in [6.45, 7) is 3.54. The standard InChI is InChI=1S/C33H35FN2O6.Ca/c1-21(2)33(31(41)35-25-11-7-4-8-12-25)29(22-9-5-3-6-10-22)30(23-13-15-24(34)16-14-23)36(32(33)42)18-17-26(37)19-27(38)20-28(39)40;/h3-16,21,26-27,37-38H,17-20H2,1-2H3,(H,35,41)(H,39,40);/q;+2/p-1/t26-,27-,33?;/m1./s1. The Balaban J connectivity index is 0.00000506. The van der Waals surface area contributed by atoms with Crippen LogP contribution < -0.4 is 10.4 Å². The summed E-state index contributed by atoms with van der Waals surface area (Å²) in [5.41, 5.74) is 0.821. The number of amides is 2. The van der Waals surface area contributed by atoms with E-state index in [1.807, 2.05) is 24.3 Å². The second-order valence-corrected chi connectivity index (χ2v) is 10.7. The third-order valence-electron chi connectivity index (χ3n) is 7.55. The van der Waals surface area contributed by atoms with Crippen LogP contribution >= 0.6 is 0 Å². The van der Waals surface area contributed by atoms with Gasteiger partial charge in [0.2, 0.25) is 11.8 Å². The Bertz CT molecular complexity index is 1450. The average molecular weight is 614 g/mol. The molecule has 0 radical (unpaired) electrons. The van der Waals surface area contributed by atoms with Gasteiger partial charge in [0.15, 0.2) is 5.41 Å². The van der Waals surface area contributed by atoms with Gasteiger partial charge < -0.3 is 30.3 Å². The van der Waals surface area contributed by atoms with Gasteiger partial charge in [-0.25, -0.2) is 4.39 Å². The molecule has 3 atom stereocenters. The van der Waals surface area contributed by atoms with Crippen LogP contribution in [0.2, 0.25) is 0 Å². The first-order valence-electron chi connectivity index (χ1n) is 13.9. The molecule has 0 fully saturated rings. The second kappa shape index (κ2) is 15.1. The zero-order valence-corrected chi connectivity index (χ0v) is 26.4. The monoisotopic (exact) mass is 613 g/mol. The molecule has 3 aromatic rings. The van der Waals surface area contributed by atoms with Crippen LogP contribution in [0.1, 0.15) is 44.2 Å². The van der Waals surface area contributed by atoms with Gasteiger partial charge in [0.05, 0.1) is 17.9 Å². The van der Waals surface area contributed by atoms with Crippen LogP contribution in [0, 0.1) is 17.2 Å². The number of carboxylic acids is 1. The van der Waals surface area contributed by atoms with Gasteiger partial charge >= 0.3 is 37.7 Å². The summed E-state index contributed by atoms with van der Waals surface area (Å²) in [5, 5.41) is 34.4. The molecule has 8 nitrogen and oxygen atoms in total. The molecule has 1 unspecified atom stereocenters. The van der Waals surface area contributed by atoms with Crippen molar-refractivity contribution in [1.29, 1.82) is 0 Å². The molecule has 1 heterocycles. The van der Waals surface area contributed by atoms with E-state index in [9.17, 15) is 34.1 Å². The predicted octanol–water partition coefficient (Wildman–Crippen LogP) is 3.08. The number of aliphatic carboxylic acids is 1.